The van der Waals surface area contributed by atoms with Crippen LogP contribution in [-0.2, 0) is 4.79 Å². The molecule has 3 rings (SSSR count). The number of likely N-dealkylation sites (N-methyl/N-ethyl adjacent to an activating group) is 1. The average molecular weight is 245 g/mol. The lowest BCUT2D eigenvalue weighted by Crippen LogP contribution is -2.61. The molecular weight excluding hydrogens is 226 g/mol. The van der Waals surface area contributed by atoms with Crippen LogP contribution in [0.15, 0.2) is 18.2 Å². The zero-order valence-corrected chi connectivity index (χ0v) is 10.9. The molecule has 0 radical (unpaired) electrons. The fourth-order valence-electron chi connectivity index (χ4n) is 2.95. The molecule has 1 N–H and O–H groups in total. The Hall–Kier alpha value is -1.55. The summed E-state index contributed by atoms with van der Waals surface area (Å²) in [5, 5.41) is 3.20. The van der Waals surface area contributed by atoms with Gasteiger partial charge in [0.25, 0.3) is 0 Å². The number of nitrogens with zero attached hydrogens (tertiary/aromatic N) is 2. The van der Waals surface area contributed by atoms with Crippen LogP contribution in [0.1, 0.15) is 12.5 Å². The maximum Gasteiger partial charge on any atom is 0.241 e. The number of fused-ring (bicyclic) bond motifs is 3. The van der Waals surface area contributed by atoms with E-state index in [4.69, 9.17) is 0 Å². The van der Waals surface area contributed by atoms with Crippen molar-refractivity contribution >= 4 is 17.3 Å². The van der Waals surface area contributed by atoms with Crippen molar-refractivity contribution in [1.29, 1.82) is 0 Å². The third-order valence-electron chi connectivity index (χ3n) is 3.83. The molecular formula is C14H19N3O. The Labute approximate surface area is 108 Å². The van der Waals surface area contributed by atoms with Crippen molar-refractivity contribution in [2.24, 2.45) is 0 Å². The van der Waals surface area contributed by atoms with Gasteiger partial charge in [-0.25, -0.2) is 0 Å². The van der Waals surface area contributed by atoms with Gasteiger partial charge in [-0.05, 0) is 31.5 Å². The number of benzene rings is 1. The SMILES string of the molecule is CCN1CC2CNCC(=O)N2c2ccc(C)cc21. The second-order valence-corrected chi connectivity index (χ2v) is 5.08. The predicted octanol–water partition coefficient (Wildman–Crippen LogP) is 1.14. The number of nitrogens with one attached hydrogen (secondary N) is 1. The van der Waals surface area contributed by atoms with Crippen molar-refractivity contribution in [2.45, 2.75) is 19.9 Å². The molecule has 1 unspecified atom stereocenters. The molecule has 0 bridgehead atoms. The standard InChI is InChI=1S/C14H19N3O/c1-3-16-9-11-7-15-8-14(18)17(11)12-5-4-10(2)6-13(12)16/h4-6,11,15H,3,7-9H2,1-2H3. The number of piperazine rings is 1. The zero-order chi connectivity index (χ0) is 12.7. The molecule has 1 amide bonds. The Kier molecular flexibility index (Phi) is 2.74. The molecule has 0 spiro atoms. The molecule has 1 fully saturated rings. The Bertz CT molecular complexity index is 486. The quantitative estimate of drug-likeness (QED) is 0.806. The lowest BCUT2D eigenvalue weighted by Gasteiger charge is -2.45. The maximum atomic E-state index is 12.1. The number of amides is 1. The van der Waals surface area contributed by atoms with E-state index in [2.05, 4.69) is 42.3 Å². The molecule has 18 heavy (non-hydrogen) atoms. The number of aryl methyl sites for hydroxylation is 1. The van der Waals surface area contributed by atoms with E-state index in [0.717, 1.165) is 25.3 Å². The van der Waals surface area contributed by atoms with Crippen molar-refractivity contribution in [3.8, 4) is 0 Å². The summed E-state index contributed by atoms with van der Waals surface area (Å²) in [4.78, 5) is 16.5. The Morgan fingerprint density at radius 2 is 2.22 bits per heavy atom. The lowest BCUT2D eigenvalue weighted by atomic mass is 10.0. The van der Waals surface area contributed by atoms with Gasteiger partial charge < -0.3 is 15.1 Å². The molecule has 0 aromatic heterocycles. The van der Waals surface area contributed by atoms with Crippen LogP contribution in [0.2, 0.25) is 0 Å². The number of hydrogen-bond acceptors (Lipinski definition) is 3. The summed E-state index contributed by atoms with van der Waals surface area (Å²) < 4.78 is 0. The second-order valence-electron chi connectivity index (χ2n) is 5.08. The highest BCUT2D eigenvalue weighted by Gasteiger charge is 2.36. The largest absolute Gasteiger partial charge is 0.368 e. The first-order chi connectivity index (χ1) is 8.70. The minimum atomic E-state index is 0.187. The summed E-state index contributed by atoms with van der Waals surface area (Å²) in [7, 11) is 0. The monoisotopic (exact) mass is 245 g/mol. The molecule has 2 aliphatic heterocycles. The van der Waals surface area contributed by atoms with Crippen molar-refractivity contribution in [3.05, 3.63) is 23.8 Å². The van der Waals surface area contributed by atoms with Gasteiger partial charge in [0, 0.05) is 19.6 Å². The second kappa shape index (κ2) is 4.28. The van der Waals surface area contributed by atoms with Crippen LogP contribution in [0.4, 0.5) is 11.4 Å². The summed E-state index contributed by atoms with van der Waals surface area (Å²) >= 11 is 0. The van der Waals surface area contributed by atoms with Crippen LogP contribution in [0.5, 0.6) is 0 Å². The molecule has 1 aromatic carbocycles. The first kappa shape index (κ1) is 11.5. The maximum absolute atomic E-state index is 12.1. The Balaban J connectivity index is 2.09. The lowest BCUT2D eigenvalue weighted by molar-refractivity contribution is -0.119. The minimum Gasteiger partial charge on any atom is -0.368 e. The number of carbonyl (C=O) groups excluding carboxylic acids is 1. The van der Waals surface area contributed by atoms with Gasteiger partial charge in [0.05, 0.1) is 24.0 Å². The van der Waals surface area contributed by atoms with E-state index in [9.17, 15) is 4.79 Å². The summed E-state index contributed by atoms with van der Waals surface area (Å²) in [6.45, 7) is 7.51. The van der Waals surface area contributed by atoms with E-state index in [0.29, 0.717) is 6.54 Å². The molecule has 4 nitrogen and oxygen atoms in total. The van der Waals surface area contributed by atoms with Crippen LogP contribution in [-0.4, -0.2) is 38.1 Å². The fourth-order valence-corrected chi connectivity index (χ4v) is 2.95. The summed E-state index contributed by atoms with van der Waals surface area (Å²) in [5.74, 6) is 0.187. The predicted molar refractivity (Wildman–Crippen MR) is 73.2 cm³/mol. The minimum absolute atomic E-state index is 0.187. The number of rotatable bonds is 1. The fraction of sp³-hybridized carbons (Fsp3) is 0.500. The van der Waals surface area contributed by atoms with Crippen LogP contribution >= 0.6 is 0 Å². The molecule has 1 saturated heterocycles. The van der Waals surface area contributed by atoms with E-state index in [-0.39, 0.29) is 11.9 Å². The summed E-state index contributed by atoms with van der Waals surface area (Å²) in [6, 6.07) is 6.62. The zero-order valence-electron chi connectivity index (χ0n) is 10.9. The Morgan fingerprint density at radius 1 is 1.39 bits per heavy atom. The van der Waals surface area contributed by atoms with Gasteiger partial charge in [0.2, 0.25) is 5.91 Å². The van der Waals surface area contributed by atoms with Gasteiger partial charge in [-0.3, -0.25) is 4.79 Å². The van der Waals surface area contributed by atoms with Gasteiger partial charge >= 0.3 is 0 Å². The van der Waals surface area contributed by atoms with Crippen molar-refractivity contribution in [2.75, 3.05) is 36.0 Å². The highest BCUT2D eigenvalue weighted by molar-refractivity contribution is 6.00. The molecule has 96 valence electrons. The van der Waals surface area contributed by atoms with Crippen LogP contribution in [0.3, 0.4) is 0 Å². The molecule has 0 aliphatic carbocycles. The van der Waals surface area contributed by atoms with Gasteiger partial charge in [0.1, 0.15) is 0 Å². The Morgan fingerprint density at radius 3 is 3.00 bits per heavy atom. The highest BCUT2D eigenvalue weighted by Crippen LogP contribution is 2.36. The van der Waals surface area contributed by atoms with Gasteiger partial charge in [0.15, 0.2) is 0 Å². The normalized spacial score (nSPS) is 22.8. The van der Waals surface area contributed by atoms with Crippen LogP contribution < -0.4 is 15.1 Å². The van der Waals surface area contributed by atoms with Crippen LogP contribution in [0.25, 0.3) is 0 Å². The van der Waals surface area contributed by atoms with E-state index >= 15 is 0 Å². The van der Waals surface area contributed by atoms with Gasteiger partial charge in [-0.15, -0.1) is 0 Å². The summed E-state index contributed by atoms with van der Waals surface area (Å²) in [5.41, 5.74) is 3.52. The topological polar surface area (TPSA) is 35.6 Å². The van der Waals surface area contributed by atoms with Gasteiger partial charge in [-0.1, -0.05) is 6.07 Å². The first-order valence-electron chi connectivity index (χ1n) is 6.59. The molecule has 2 heterocycles. The van der Waals surface area contributed by atoms with E-state index in [1.54, 1.807) is 0 Å². The smallest absolute Gasteiger partial charge is 0.241 e. The molecule has 1 atom stereocenters. The van der Waals surface area contributed by atoms with Crippen molar-refractivity contribution in [3.63, 3.8) is 0 Å². The third kappa shape index (κ3) is 1.68. The van der Waals surface area contributed by atoms with E-state index in [1.165, 1.54) is 11.3 Å². The van der Waals surface area contributed by atoms with Crippen LogP contribution in [0, 0.1) is 6.92 Å². The third-order valence-corrected chi connectivity index (χ3v) is 3.83. The number of hydrogen-bond donors (Lipinski definition) is 1. The molecule has 2 aliphatic rings. The summed E-state index contributed by atoms with van der Waals surface area (Å²) in [6.07, 6.45) is 0. The highest BCUT2D eigenvalue weighted by atomic mass is 16.2. The van der Waals surface area contributed by atoms with Crippen molar-refractivity contribution < 1.29 is 4.79 Å². The molecule has 0 saturated carbocycles. The van der Waals surface area contributed by atoms with E-state index in [1.807, 2.05) is 4.90 Å². The van der Waals surface area contributed by atoms with Gasteiger partial charge in [-0.2, -0.15) is 0 Å². The number of anilines is 2. The van der Waals surface area contributed by atoms with E-state index < -0.39 is 0 Å². The molecule has 1 aromatic rings. The molecule has 4 heteroatoms. The van der Waals surface area contributed by atoms with Crippen molar-refractivity contribution in [1.82, 2.24) is 5.32 Å². The average Bonchev–Trinajstić information content (AvgIpc) is 2.37. The number of carbonyl (C=O) groups is 1. The first-order valence-corrected chi connectivity index (χ1v) is 6.59.